The number of nitrogens with one attached hydrogen (secondary N) is 1. The Bertz CT molecular complexity index is 1210. The standard InChI is InChI=1S/C33H47N4O2.4CH4/c1-25-32(38)28(23-27-14-16-29(17-15-27)34-20-10-22-37(5,6)7)24-31(33(25)39)35-30-18-12-26(13-19-30)11-8-9-21-36(2,3)4;;;;/h12-19,24,34H,8-11,20-23H2,1-7H3;4*1H4/q+1;;;;/p+1. The molecule has 0 bridgehead atoms. The molecule has 1 aliphatic rings. The number of nitrogens with zero attached hydrogens (tertiary/aromatic N) is 3. The molecule has 6 nitrogen and oxygen atoms in total. The molecule has 43 heavy (non-hydrogen) atoms. The summed E-state index contributed by atoms with van der Waals surface area (Å²) in [6.45, 7) is 4.89. The van der Waals surface area contributed by atoms with Gasteiger partial charge in [0, 0.05) is 36.2 Å². The van der Waals surface area contributed by atoms with Crippen molar-refractivity contribution >= 4 is 22.9 Å². The molecule has 0 fully saturated rings. The average molecular weight is 597 g/mol. The second kappa shape index (κ2) is 18.4. The highest BCUT2D eigenvalue weighted by atomic mass is 16.3. The van der Waals surface area contributed by atoms with E-state index in [-0.39, 0.29) is 41.2 Å². The minimum atomic E-state index is -0.228. The van der Waals surface area contributed by atoms with Gasteiger partial charge in [0.2, 0.25) is 5.78 Å². The highest BCUT2D eigenvalue weighted by Gasteiger charge is 2.24. The zero-order chi connectivity index (χ0) is 28.6. The van der Waals surface area contributed by atoms with Gasteiger partial charge in [0.25, 0.3) is 0 Å². The summed E-state index contributed by atoms with van der Waals surface area (Å²) in [5.74, 6) is -0.167. The third-order valence-corrected chi connectivity index (χ3v) is 6.96. The molecule has 2 N–H and O–H groups in total. The van der Waals surface area contributed by atoms with Crippen molar-refractivity contribution in [2.75, 3.05) is 67.2 Å². The van der Waals surface area contributed by atoms with Crippen LogP contribution in [0.1, 0.15) is 67.0 Å². The van der Waals surface area contributed by atoms with E-state index >= 15 is 0 Å². The van der Waals surface area contributed by atoms with Gasteiger partial charge in [-0.15, -0.1) is 0 Å². The van der Waals surface area contributed by atoms with Gasteiger partial charge in [-0.3, -0.25) is 4.79 Å². The molecule has 0 aliphatic heterocycles. The number of anilines is 1. The van der Waals surface area contributed by atoms with E-state index in [1.165, 1.54) is 18.5 Å². The number of allylic oxidation sites excluding steroid dienone is 3. The number of aliphatic hydroxyl groups is 1. The number of quaternary nitrogens is 2. The maximum Gasteiger partial charge on any atom is 0.210 e. The first-order valence-electron chi connectivity index (χ1n) is 14.1. The van der Waals surface area contributed by atoms with Gasteiger partial charge in [-0.2, -0.15) is 0 Å². The van der Waals surface area contributed by atoms with Crippen molar-refractivity contribution in [2.45, 2.75) is 68.7 Å². The number of aryl methyl sites for hydroxylation is 1. The molecular weight excluding hydrogens is 532 g/mol. The Morgan fingerprint density at radius 2 is 1.28 bits per heavy atom. The van der Waals surface area contributed by atoms with Crippen LogP contribution in [0.25, 0.3) is 0 Å². The molecule has 0 atom stereocenters. The summed E-state index contributed by atoms with van der Waals surface area (Å²) in [7, 11) is 13.3. The molecule has 0 amide bonds. The van der Waals surface area contributed by atoms with Crippen LogP contribution < -0.4 is 5.32 Å². The quantitative estimate of drug-likeness (QED) is 0.139. The molecule has 0 saturated carbocycles. The Hall–Kier alpha value is -3.22. The highest BCUT2D eigenvalue weighted by molar-refractivity contribution is 6.51. The number of rotatable bonds is 13. The molecule has 2 aromatic carbocycles. The van der Waals surface area contributed by atoms with Gasteiger partial charge in [-0.1, -0.05) is 54.0 Å². The molecular formula is C37H64N4O2+2. The Morgan fingerprint density at radius 3 is 1.84 bits per heavy atom. The smallest absolute Gasteiger partial charge is 0.210 e. The van der Waals surface area contributed by atoms with Crippen molar-refractivity contribution in [1.29, 1.82) is 0 Å². The summed E-state index contributed by atoms with van der Waals surface area (Å²) in [5, 5.41) is 14.2. The predicted octanol–water partition coefficient (Wildman–Crippen LogP) is 8.42. The monoisotopic (exact) mass is 597 g/mol. The molecule has 242 valence electrons. The Labute approximate surface area is 265 Å². The maximum absolute atomic E-state index is 12.9. The van der Waals surface area contributed by atoms with E-state index in [4.69, 9.17) is 0 Å². The van der Waals surface area contributed by atoms with E-state index in [0.717, 1.165) is 58.3 Å². The van der Waals surface area contributed by atoms with Crippen LogP contribution >= 0.6 is 0 Å². The van der Waals surface area contributed by atoms with E-state index in [1.807, 2.05) is 12.1 Å². The SMILES string of the molecule is C.C.C.C.CC1=C(O)C(Cc2ccc(NCCC[N+](C)(C)C)cc2)=CC(=Nc2ccc(CCCC[N+](C)(C)C)cc2)C1=O. The normalized spacial score (nSPS) is 14.2. The number of aliphatic imine (C=N–C) groups is 1. The van der Waals surface area contributed by atoms with Gasteiger partial charge < -0.3 is 19.4 Å². The first kappa shape index (κ1) is 41.9. The average Bonchev–Trinajstić information content (AvgIpc) is 2.87. The van der Waals surface area contributed by atoms with Crippen LogP contribution in [-0.2, 0) is 17.6 Å². The van der Waals surface area contributed by atoms with Gasteiger partial charge in [-0.05, 0) is 67.7 Å². The van der Waals surface area contributed by atoms with Crippen LogP contribution in [0.5, 0.6) is 0 Å². The third kappa shape index (κ3) is 14.2. The lowest BCUT2D eigenvalue weighted by Crippen LogP contribution is -2.36. The van der Waals surface area contributed by atoms with E-state index in [1.54, 1.807) is 13.0 Å². The second-order valence-corrected chi connectivity index (χ2v) is 12.8. The molecule has 3 rings (SSSR count). The summed E-state index contributed by atoms with van der Waals surface area (Å²) in [4.78, 5) is 17.5. The van der Waals surface area contributed by atoms with Crippen molar-refractivity contribution in [1.82, 2.24) is 0 Å². The number of unbranched alkanes of at least 4 members (excludes halogenated alkanes) is 1. The fourth-order valence-corrected chi connectivity index (χ4v) is 4.60. The number of aliphatic hydroxyl groups excluding tert-OH is 1. The summed E-state index contributed by atoms with van der Waals surface area (Å²) in [5.41, 5.74) is 5.61. The maximum atomic E-state index is 12.9. The van der Waals surface area contributed by atoms with Crippen molar-refractivity contribution in [3.05, 3.63) is 82.6 Å². The van der Waals surface area contributed by atoms with Gasteiger partial charge in [-0.25, -0.2) is 4.99 Å². The van der Waals surface area contributed by atoms with Crippen LogP contribution in [-0.4, -0.2) is 87.5 Å². The number of benzene rings is 2. The molecule has 1 aliphatic carbocycles. The zero-order valence-corrected chi connectivity index (χ0v) is 25.1. The molecule has 0 spiro atoms. The van der Waals surface area contributed by atoms with Crippen molar-refractivity contribution in [3.8, 4) is 0 Å². The van der Waals surface area contributed by atoms with E-state index in [2.05, 4.69) is 89.0 Å². The first-order chi connectivity index (χ1) is 18.3. The molecule has 0 heterocycles. The Balaban J connectivity index is 0. The fourth-order valence-electron chi connectivity index (χ4n) is 4.60. The topological polar surface area (TPSA) is 61.7 Å². The predicted molar refractivity (Wildman–Crippen MR) is 191 cm³/mol. The lowest BCUT2D eigenvalue weighted by molar-refractivity contribution is -0.870. The lowest BCUT2D eigenvalue weighted by Gasteiger charge is -2.23. The number of ketones is 1. The largest absolute Gasteiger partial charge is 0.507 e. The number of Topliss-reactive ketones (excluding diaryl/α,β-unsaturated/α-hetero) is 1. The summed E-state index contributed by atoms with van der Waals surface area (Å²) in [6.07, 6.45) is 6.77. The van der Waals surface area contributed by atoms with E-state index in [0.29, 0.717) is 23.3 Å². The van der Waals surface area contributed by atoms with Crippen LogP contribution in [0.15, 0.2) is 76.5 Å². The van der Waals surface area contributed by atoms with E-state index in [9.17, 15) is 9.90 Å². The number of carbonyl (C=O) groups excluding carboxylic acids is 1. The lowest BCUT2D eigenvalue weighted by atomic mass is 9.91. The van der Waals surface area contributed by atoms with Crippen LogP contribution in [0.4, 0.5) is 11.4 Å². The summed E-state index contributed by atoms with van der Waals surface area (Å²) in [6, 6.07) is 16.4. The van der Waals surface area contributed by atoms with Gasteiger partial charge in [0.1, 0.15) is 11.5 Å². The van der Waals surface area contributed by atoms with Crippen LogP contribution in [0.3, 0.4) is 0 Å². The minimum absolute atomic E-state index is 0. The highest BCUT2D eigenvalue weighted by Crippen LogP contribution is 2.26. The number of carbonyl (C=O) groups is 1. The Morgan fingerprint density at radius 1 is 0.744 bits per heavy atom. The molecule has 6 heteroatoms. The first-order valence-corrected chi connectivity index (χ1v) is 14.1. The second-order valence-electron chi connectivity index (χ2n) is 12.8. The van der Waals surface area contributed by atoms with Crippen LogP contribution in [0.2, 0.25) is 0 Å². The summed E-state index contributed by atoms with van der Waals surface area (Å²) < 4.78 is 1.95. The molecule has 0 radical (unpaired) electrons. The molecule has 0 saturated heterocycles. The molecule has 0 aromatic heterocycles. The molecule has 0 unspecified atom stereocenters. The van der Waals surface area contributed by atoms with E-state index < -0.39 is 0 Å². The zero-order valence-electron chi connectivity index (χ0n) is 25.1. The van der Waals surface area contributed by atoms with Crippen molar-refractivity contribution in [3.63, 3.8) is 0 Å². The van der Waals surface area contributed by atoms with Crippen molar-refractivity contribution in [2.24, 2.45) is 4.99 Å². The van der Waals surface area contributed by atoms with Gasteiger partial charge in [0.15, 0.2) is 0 Å². The minimum Gasteiger partial charge on any atom is -0.507 e. The van der Waals surface area contributed by atoms with Gasteiger partial charge >= 0.3 is 0 Å². The number of hydrogen-bond donors (Lipinski definition) is 2. The third-order valence-electron chi connectivity index (χ3n) is 6.96. The summed E-state index contributed by atoms with van der Waals surface area (Å²) >= 11 is 0. The number of hydrogen-bond acceptors (Lipinski definition) is 4. The van der Waals surface area contributed by atoms with Crippen molar-refractivity contribution < 1.29 is 18.9 Å². The van der Waals surface area contributed by atoms with Gasteiger partial charge in [0.05, 0.1) is 61.1 Å². The fraction of sp³-hybridized carbons (Fsp3) is 0.514. The van der Waals surface area contributed by atoms with Crippen LogP contribution in [0, 0.1) is 0 Å². The Kier molecular flexibility index (Phi) is 18.0. The molecule has 2 aromatic rings.